The summed E-state index contributed by atoms with van der Waals surface area (Å²) in [5.74, 6) is -0.670. The number of anilines is 1. The summed E-state index contributed by atoms with van der Waals surface area (Å²) in [4.78, 5) is 11.8. The average molecular weight is 304 g/mol. The van der Waals surface area contributed by atoms with Gasteiger partial charge in [-0.2, -0.15) is 0 Å². The van der Waals surface area contributed by atoms with E-state index in [9.17, 15) is 18.0 Å². The van der Waals surface area contributed by atoms with Gasteiger partial charge in [-0.3, -0.25) is 4.79 Å². The topological polar surface area (TPSA) is 50.4 Å². The number of alkyl halides is 3. The molecule has 1 amide bonds. The first-order valence-corrected chi connectivity index (χ1v) is 6.52. The number of para-hydroxylation sites is 2. The van der Waals surface area contributed by atoms with Crippen molar-refractivity contribution >= 4 is 11.6 Å². The van der Waals surface area contributed by atoms with Crippen molar-refractivity contribution in [2.45, 2.75) is 39.1 Å². The Morgan fingerprint density at radius 3 is 2.43 bits per heavy atom. The van der Waals surface area contributed by atoms with Crippen LogP contribution in [0.1, 0.15) is 27.2 Å². The van der Waals surface area contributed by atoms with Crippen LogP contribution < -0.4 is 15.4 Å². The number of carbonyl (C=O) groups is 1. The smallest absolute Gasteiger partial charge is 0.404 e. The van der Waals surface area contributed by atoms with E-state index in [1.54, 1.807) is 6.07 Å². The highest BCUT2D eigenvalue weighted by Gasteiger charge is 2.32. The van der Waals surface area contributed by atoms with Crippen LogP contribution in [0.25, 0.3) is 0 Å². The van der Waals surface area contributed by atoms with Crippen LogP contribution in [0, 0.1) is 0 Å². The highest BCUT2D eigenvalue weighted by molar-refractivity contribution is 5.81. The Kier molecular flexibility index (Phi) is 5.46. The molecule has 0 unspecified atom stereocenters. The highest BCUT2D eigenvalue weighted by Crippen LogP contribution is 2.29. The lowest BCUT2D eigenvalue weighted by Crippen LogP contribution is -2.45. The van der Waals surface area contributed by atoms with E-state index in [1.165, 1.54) is 18.2 Å². The molecule has 1 aromatic carbocycles. The normalized spacial score (nSPS) is 11.9. The zero-order valence-electron chi connectivity index (χ0n) is 12.2. The maximum absolute atomic E-state index is 12.3. The van der Waals surface area contributed by atoms with Crippen molar-refractivity contribution in [2.24, 2.45) is 0 Å². The predicted molar refractivity (Wildman–Crippen MR) is 74.1 cm³/mol. The average Bonchev–Trinajstić information content (AvgIpc) is 2.35. The van der Waals surface area contributed by atoms with Crippen LogP contribution in [0.4, 0.5) is 18.9 Å². The lowest BCUT2D eigenvalue weighted by Gasteiger charge is -2.24. The third-order valence-corrected chi connectivity index (χ3v) is 2.91. The second-order valence-electron chi connectivity index (χ2n) is 5.18. The Morgan fingerprint density at radius 1 is 1.24 bits per heavy atom. The zero-order chi connectivity index (χ0) is 16.1. The van der Waals surface area contributed by atoms with Gasteiger partial charge in [-0.15, -0.1) is 13.2 Å². The Labute approximate surface area is 121 Å². The maximum Gasteiger partial charge on any atom is 0.573 e. The van der Waals surface area contributed by atoms with Crippen LogP contribution in [0.5, 0.6) is 5.75 Å². The van der Waals surface area contributed by atoms with E-state index >= 15 is 0 Å². The predicted octanol–water partition coefficient (Wildman–Crippen LogP) is 3.30. The minimum absolute atomic E-state index is 0.110. The van der Waals surface area contributed by atoms with Gasteiger partial charge in [0.25, 0.3) is 0 Å². The molecule has 7 heteroatoms. The summed E-state index contributed by atoms with van der Waals surface area (Å²) in [5.41, 5.74) is -0.250. The van der Waals surface area contributed by atoms with Gasteiger partial charge >= 0.3 is 6.36 Å². The van der Waals surface area contributed by atoms with Gasteiger partial charge in [0.1, 0.15) is 0 Å². The number of benzene rings is 1. The van der Waals surface area contributed by atoms with Gasteiger partial charge in [-0.05, 0) is 32.4 Å². The first kappa shape index (κ1) is 17.1. The largest absolute Gasteiger partial charge is 0.573 e. The van der Waals surface area contributed by atoms with Gasteiger partial charge in [-0.1, -0.05) is 19.1 Å². The molecule has 0 fully saturated rings. The van der Waals surface area contributed by atoms with Crippen molar-refractivity contribution < 1.29 is 22.7 Å². The molecule has 0 bridgehead atoms. The summed E-state index contributed by atoms with van der Waals surface area (Å²) in [6.45, 7) is 5.53. The summed E-state index contributed by atoms with van der Waals surface area (Å²) in [5, 5.41) is 5.42. The summed E-state index contributed by atoms with van der Waals surface area (Å²) in [6, 6.07) is 5.58. The zero-order valence-corrected chi connectivity index (χ0v) is 12.2. The van der Waals surface area contributed by atoms with Crippen LogP contribution >= 0.6 is 0 Å². The molecule has 0 heterocycles. The molecule has 118 valence electrons. The third kappa shape index (κ3) is 6.37. The van der Waals surface area contributed by atoms with E-state index in [-0.39, 0.29) is 29.4 Å². The molecule has 0 aliphatic heterocycles. The molecular weight excluding hydrogens is 285 g/mol. The molecule has 0 aliphatic rings. The van der Waals surface area contributed by atoms with E-state index in [1.807, 2.05) is 20.8 Å². The van der Waals surface area contributed by atoms with E-state index in [4.69, 9.17) is 0 Å². The standard InChI is InChI=1S/C14H19F3N2O2/c1-4-13(2,3)19-12(20)9-18-10-7-5-6-8-11(10)21-14(15,16)17/h5-8,18H,4,9H2,1-3H3,(H,19,20). The van der Waals surface area contributed by atoms with Crippen molar-refractivity contribution in [3.63, 3.8) is 0 Å². The van der Waals surface area contributed by atoms with Crippen molar-refractivity contribution in [3.8, 4) is 5.75 Å². The Balaban J connectivity index is 2.66. The summed E-state index contributed by atoms with van der Waals surface area (Å²) in [6.07, 6.45) is -4.03. The number of hydrogen-bond donors (Lipinski definition) is 2. The molecule has 2 N–H and O–H groups in total. The summed E-state index contributed by atoms with van der Waals surface area (Å²) >= 11 is 0. The molecular formula is C14H19F3N2O2. The third-order valence-electron chi connectivity index (χ3n) is 2.91. The Morgan fingerprint density at radius 2 is 1.86 bits per heavy atom. The first-order valence-electron chi connectivity index (χ1n) is 6.52. The Hall–Kier alpha value is -1.92. The van der Waals surface area contributed by atoms with Crippen LogP contribution in [-0.4, -0.2) is 24.4 Å². The van der Waals surface area contributed by atoms with Crippen LogP contribution in [-0.2, 0) is 4.79 Å². The van der Waals surface area contributed by atoms with Gasteiger partial charge in [0, 0.05) is 5.54 Å². The lowest BCUT2D eigenvalue weighted by molar-refractivity contribution is -0.274. The monoisotopic (exact) mass is 304 g/mol. The molecule has 0 aliphatic carbocycles. The number of nitrogens with one attached hydrogen (secondary N) is 2. The van der Waals surface area contributed by atoms with Gasteiger partial charge in [0.15, 0.2) is 5.75 Å². The number of rotatable bonds is 6. The maximum atomic E-state index is 12.3. The second-order valence-corrected chi connectivity index (χ2v) is 5.18. The van der Waals surface area contributed by atoms with E-state index in [0.29, 0.717) is 0 Å². The molecule has 0 radical (unpaired) electrons. The van der Waals surface area contributed by atoms with Crippen molar-refractivity contribution in [1.82, 2.24) is 5.32 Å². The van der Waals surface area contributed by atoms with E-state index < -0.39 is 6.36 Å². The van der Waals surface area contributed by atoms with Crippen molar-refractivity contribution in [3.05, 3.63) is 24.3 Å². The van der Waals surface area contributed by atoms with E-state index in [0.717, 1.165) is 6.42 Å². The van der Waals surface area contributed by atoms with Gasteiger partial charge in [0.2, 0.25) is 5.91 Å². The lowest BCUT2D eigenvalue weighted by atomic mass is 10.0. The molecule has 1 aromatic rings. The highest BCUT2D eigenvalue weighted by atomic mass is 19.4. The molecule has 0 saturated carbocycles. The number of amides is 1. The van der Waals surface area contributed by atoms with Crippen LogP contribution in [0.15, 0.2) is 24.3 Å². The number of carbonyl (C=O) groups excluding carboxylic acids is 1. The fourth-order valence-corrected chi connectivity index (χ4v) is 1.51. The quantitative estimate of drug-likeness (QED) is 0.848. The van der Waals surface area contributed by atoms with Gasteiger partial charge in [-0.25, -0.2) is 0 Å². The van der Waals surface area contributed by atoms with Crippen LogP contribution in [0.3, 0.4) is 0 Å². The van der Waals surface area contributed by atoms with Crippen molar-refractivity contribution in [1.29, 1.82) is 0 Å². The van der Waals surface area contributed by atoms with E-state index in [2.05, 4.69) is 15.4 Å². The van der Waals surface area contributed by atoms with Crippen molar-refractivity contribution in [2.75, 3.05) is 11.9 Å². The summed E-state index contributed by atoms with van der Waals surface area (Å²) < 4.78 is 40.7. The SMILES string of the molecule is CCC(C)(C)NC(=O)CNc1ccccc1OC(F)(F)F. The molecule has 0 saturated heterocycles. The van der Waals surface area contributed by atoms with Gasteiger partial charge < -0.3 is 15.4 Å². The number of ether oxygens (including phenoxy) is 1. The minimum Gasteiger partial charge on any atom is -0.404 e. The fourth-order valence-electron chi connectivity index (χ4n) is 1.51. The van der Waals surface area contributed by atoms with Gasteiger partial charge in [0.05, 0.1) is 12.2 Å². The Bertz CT molecular complexity index is 487. The molecule has 4 nitrogen and oxygen atoms in total. The first-order chi connectivity index (χ1) is 9.63. The molecule has 0 aromatic heterocycles. The molecule has 1 rings (SSSR count). The second kappa shape index (κ2) is 6.69. The number of halogens is 3. The fraction of sp³-hybridized carbons (Fsp3) is 0.500. The summed E-state index contributed by atoms with van der Waals surface area (Å²) in [7, 11) is 0. The molecule has 0 spiro atoms. The van der Waals surface area contributed by atoms with Crippen LogP contribution in [0.2, 0.25) is 0 Å². The number of hydrogen-bond acceptors (Lipinski definition) is 3. The minimum atomic E-state index is -4.77. The molecule has 21 heavy (non-hydrogen) atoms. The molecule has 0 atom stereocenters.